The number of aromatic nitrogens is 1. The van der Waals surface area contributed by atoms with Crippen molar-refractivity contribution in [3.63, 3.8) is 0 Å². The van der Waals surface area contributed by atoms with Crippen LogP contribution in [0, 0.1) is 0 Å². The molecule has 0 amide bonds. The normalized spacial score (nSPS) is 12.6. The van der Waals surface area contributed by atoms with E-state index >= 15 is 0 Å². The van der Waals surface area contributed by atoms with E-state index in [0.29, 0.717) is 0 Å². The average molecular weight is 213 g/mol. The fourth-order valence-corrected chi connectivity index (χ4v) is 0.613. The molecule has 1 aromatic rings. The lowest BCUT2D eigenvalue weighted by atomic mass is 10.4. The molecule has 2 nitrogen and oxygen atoms in total. The summed E-state index contributed by atoms with van der Waals surface area (Å²) in [5.74, 6) is -0.644. The van der Waals surface area contributed by atoms with E-state index in [1.807, 2.05) is 0 Å². The van der Waals surface area contributed by atoms with Gasteiger partial charge >= 0.3 is 12.3 Å². The minimum absolute atomic E-state index is 0.644. The van der Waals surface area contributed by atoms with Gasteiger partial charge in [-0.15, -0.1) is 0 Å². The second kappa shape index (κ2) is 3.39. The second-order valence-corrected chi connectivity index (χ2v) is 2.31. The molecule has 14 heavy (non-hydrogen) atoms. The van der Waals surface area contributed by atoms with Crippen molar-refractivity contribution < 1.29 is 26.7 Å². The van der Waals surface area contributed by atoms with Crippen molar-refractivity contribution in [1.82, 2.24) is 4.98 Å². The van der Waals surface area contributed by atoms with Crippen LogP contribution in [0.15, 0.2) is 24.5 Å². The molecule has 0 saturated heterocycles. The van der Waals surface area contributed by atoms with E-state index in [1.165, 1.54) is 12.3 Å². The number of pyridine rings is 1. The molecule has 7 heteroatoms. The van der Waals surface area contributed by atoms with Crippen molar-refractivity contribution >= 4 is 0 Å². The van der Waals surface area contributed by atoms with Crippen LogP contribution >= 0.6 is 0 Å². The van der Waals surface area contributed by atoms with Crippen molar-refractivity contribution in [3.8, 4) is 5.75 Å². The third-order valence-electron chi connectivity index (χ3n) is 1.21. The summed E-state index contributed by atoms with van der Waals surface area (Å²) in [6.07, 6.45) is -8.95. The van der Waals surface area contributed by atoms with Gasteiger partial charge in [0.25, 0.3) is 0 Å². The highest BCUT2D eigenvalue weighted by molar-refractivity contribution is 5.16. The van der Waals surface area contributed by atoms with E-state index in [2.05, 4.69) is 9.72 Å². The summed E-state index contributed by atoms with van der Waals surface area (Å²) in [5, 5.41) is 0. The summed E-state index contributed by atoms with van der Waals surface area (Å²) < 4.78 is 62.8. The van der Waals surface area contributed by atoms with E-state index in [0.717, 1.165) is 12.3 Å². The molecule has 0 spiro atoms. The van der Waals surface area contributed by atoms with Crippen molar-refractivity contribution in [2.24, 2.45) is 0 Å². The zero-order valence-electron chi connectivity index (χ0n) is 6.55. The number of nitrogens with zero attached hydrogens (tertiary/aromatic N) is 1. The molecule has 0 fully saturated rings. The van der Waals surface area contributed by atoms with Gasteiger partial charge in [-0.25, -0.2) is 0 Å². The maximum absolute atomic E-state index is 12.2. The highest BCUT2D eigenvalue weighted by Crippen LogP contribution is 2.36. The van der Waals surface area contributed by atoms with E-state index in [9.17, 15) is 22.0 Å². The van der Waals surface area contributed by atoms with Crippen LogP contribution < -0.4 is 4.74 Å². The number of ether oxygens (including phenoxy) is 1. The minimum Gasteiger partial charge on any atom is -0.424 e. The van der Waals surface area contributed by atoms with Crippen LogP contribution in [-0.2, 0) is 0 Å². The third-order valence-corrected chi connectivity index (χ3v) is 1.21. The van der Waals surface area contributed by atoms with Crippen molar-refractivity contribution in [1.29, 1.82) is 0 Å². The minimum atomic E-state index is -5.73. The van der Waals surface area contributed by atoms with Crippen LogP contribution in [-0.4, -0.2) is 17.3 Å². The molecular weight excluding hydrogens is 209 g/mol. The highest BCUT2D eigenvalue weighted by Gasteiger charge is 2.61. The average Bonchev–Trinajstić information content (AvgIpc) is 2.03. The molecule has 1 rings (SSSR count). The van der Waals surface area contributed by atoms with Gasteiger partial charge in [-0.3, -0.25) is 4.98 Å². The molecule has 0 unspecified atom stereocenters. The van der Waals surface area contributed by atoms with E-state index in [1.54, 1.807) is 0 Å². The predicted octanol–water partition coefficient (Wildman–Crippen LogP) is 2.62. The molecular formula is C7H4F5NO. The molecule has 1 heterocycles. The summed E-state index contributed by atoms with van der Waals surface area (Å²) in [5.41, 5.74) is 0. The topological polar surface area (TPSA) is 22.1 Å². The van der Waals surface area contributed by atoms with Gasteiger partial charge in [-0.2, -0.15) is 22.0 Å². The van der Waals surface area contributed by atoms with Crippen molar-refractivity contribution in [2.75, 3.05) is 0 Å². The maximum atomic E-state index is 12.2. The molecule has 0 radical (unpaired) electrons. The number of rotatable bonds is 2. The first-order valence-electron chi connectivity index (χ1n) is 3.36. The zero-order chi connectivity index (χ0) is 10.8. The summed E-state index contributed by atoms with van der Waals surface area (Å²) >= 11 is 0. The van der Waals surface area contributed by atoms with Gasteiger partial charge in [0.1, 0.15) is 5.75 Å². The fourth-order valence-electron chi connectivity index (χ4n) is 0.613. The predicted molar refractivity (Wildman–Crippen MR) is 35.9 cm³/mol. The van der Waals surface area contributed by atoms with Gasteiger partial charge in [0.15, 0.2) is 0 Å². The first-order chi connectivity index (χ1) is 6.33. The molecule has 1 aromatic heterocycles. The highest BCUT2D eigenvalue weighted by atomic mass is 19.4. The van der Waals surface area contributed by atoms with Gasteiger partial charge < -0.3 is 4.74 Å². The molecule has 0 aliphatic carbocycles. The summed E-state index contributed by atoms with van der Waals surface area (Å²) in [7, 11) is 0. The Bertz CT molecular complexity index is 297. The van der Waals surface area contributed by atoms with Crippen LogP contribution in [0.2, 0.25) is 0 Å². The number of halogens is 5. The lowest BCUT2D eigenvalue weighted by Crippen LogP contribution is -2.41. The van der Waals surface area contributed by atoms with Crippen LogP contribution in [0.25, 0.3) is 0 Å². The Morgan fingerprint density at radius 2 is 1.79 bits per heavy atom. The van der Waals surface area contributed by atoms with Crippen LogP contribution in [0.3, 0.4) is 0 Å². The molecule has 0 aliphatic heterocycles. The first-order valence-corrected chi connectivity index (χ1v) is 3.36. The number of hydrogen-bond acceptors (Lipinski definition) is 2. The molecule has 0 bridgehead atoms. The Morgan fingerprint density at radius 3 is 2.21 bits per heavy atom. The lowest BCUT2D eigenvalue weighted by Gasteiger charge is -2.19. The Kier molecular flexibility index (Phi) is 2.59. The first kappa shape index (κ1) is 10.7. The smallest absolute Gasteiger partial charge is 0.424 e. The largest absolute Gasteiger partial charge is 0.499 e. The Balaban J connectivity index is 2.79. The molecule has 0 aromatic carbocycles. The fraction of sp³-hybridized carbons (Fsp3) is 0.286. The summed E-state index contributed by atoms with van der Waals surface area (Å²) in [6.45, 7) is 0. The Labute approximate surface area is 75.3 Å². The van der Waals surface area contributed by atoms with E-state index in [-0.39, 0.29) is 0 Å². The van der Waals surface area contributed by atoms with Crippen molar-refractivity contribution in [2.45, 2.75) is 12.3 Å². The van der Waals surface area contributed by atoms with E-state index in [4.69, 9.17) is 0 Å². The second-order valence-electron chi connectivity index (χ2n) is 2.31. The van der Waals surface area contributed by atoms with Gasteiger partial charge in [-0.05, 0) is 12.1 Å². The SMILES string of the molecule is FC(F)(F)C(F)(F)Oc1cccnc1. The van der Waals surface area contributed by atoms with Gasteiger partial charge in [-0.1, -0.05) is 0 Å². The van der Waals surface area contributed by atoms with Crippen molar-refractivity contribution in [3.05, 3.63) is 24.5 Å². The number of hydrogen-bond donors (Lipinski definition) is 0. The molecule has 0 saturated carbocycles. The maximum Gasteiger partial charge on any atom is 0.499 e. The van der Waals surface area contributed by atoms with Crippen LogP contribution in [0.5, 0.6) is 5.75 Å². The standard InChI is InChI=1S/C7H4F5NO/c8-6(9,10)7(11,12)14-5-2-1-3-13-4-5/h1-4H. The van der Waals surface area contributed by atoms with Gasteiger partial charge in [0.05, 0.1) is 6.20 Å². The van der Waals surface area contributed by atoms with Crippen LogP contribution in [0.1, 0.15) is 0 Å². The zero-order valence-corrected chi connectivity index (χ0v) is 6.55. The summed E-state index contributed by atoms with van der Waals surface area (Å²) in [6, 6.07) is 2.13. The molecule has 0 aliphatic rings. The Morgan fingerprint density at radius 1 is 1.14 bits per heavy atom. The quantitative estimate of drug-likeness (QED) is 0.704. The third kappa shape index (κ3) is 2.30. The summed E-state index contributed by atoms with van der Waals surface area (Å²) in [4.78, 5) is 3.33. The molecule has 0 atom stereocenters. The number of alkyl halides is 5. The van der Waals surface area contributed by atoms with Gasteiger partial charge in [0, 0.05) is 6.20 Å². The molecule has 78 valence electrons. The van der Waals surface area contributed by atoms with E-state index < -0.39 is 18.0 Å². The van der Waals surface area contributed by atoms with Crippen LogP contribution in [0.4, 0.5) is 22.0 Å². The Hall–Kier alpha value is -1.40. The molecule has 0 N–H and O–H groups in total. The lowest BCUT2D eigenvalue weighted by molar-refractivity contribution is -0.360. The van der Waals surface area contributed by atoms with Gasteiger partial charge in [0.2, 0.25) is 0 Å². The monoisotopic (exact) mass is 213 g/mol.